The minimum atomic E-state index is -3.49. The van der Waals surface area contributed by atoms with Crippen LogP contribution in [0, 0.1) is 0 Å². The Morgan fingerprint density at radius 3 is 2.32 bits per heavy atom. The number of benzene rings is 1. The molecule has 0 unspecified atom stereocenters. The number of rotatable bonds is 4. The van der Waals surface area contributed by atoms with E-state index < -0.39 is 10.0 Å². The molecular formula is C13H21N2O3S+. The van der Waals surface area contributed by atoms with Crippen molar-refractivity contribution in [3.8, 4) is 0 Å². The fraction of sp³-hybridized carbons (Fsp3) is 0.462. The van der Waals surface area contributed by atoms with Crippen molar-refractivity contribution in [1.29, 1.82) is 0 Å². The Hall–Kier alpha value is -1.40. The molecule has 0 bridgehead atoms. The first-order valence-corrected chi connectivity index (χ1v) is 7.41. The van der Waals surface area contributed by atoms with Gasteiger partial charge in [-0.3, -0.25) is 4.84 Å². The monoisotopic (exact) mass is 285 g/mol. The third-order valence-electron chi connectivity index (χ3n) is 2.59. The van der Waals surface area contributed by atoms with Crippen molar-refractivity contribution < 1.29 is 18.0 Å². The van der Waals surface area contributed by atoms with E-state index >= 15 is 0 Å². The predicted molar refractivity (Wildman–Crippen MR) is 74.9 cm³/mol. The van der Waals surface area contributed by atoms with Gasteiger partial charge in [-0.05, 0) is 23.9 Å². The Morgan fingerprint density at radius 2 is 1.84 bits per heavy atom. The standard InChI is InChI=1S/C13H21N2O3S/c1-13(2,3)15(18-5)10-11-8-6-7-9-12(11)19(16,17)14-4/h6-10,14H,1-5H3/q+1/b15-10-. The van der Waals surface area contributed by atoms with Crippen molar-refractivity contribution in [3.05, 3.63) is 29.8 Å². The number of hydrogen-bond acceptors (Lipinski definition) is 3. The molecule has 1 aromatic rings. The number of nitrogens with zero attached hydrogens (tertiary/aromatic N) is 1. The summed E-state index contributed by atoms with van der Waals surface area (Å²) in [5.74, 6) is 0. The Kier molecular flexibility index (Phi) is 4.70. The van der Waals surface area contributed by atoms with E-state index in [1.54, 1.807) is 42.3 Å². The molecule has 106 valence electrons. The first-order chi connectivity index (χ1) is 8.72. The summed E-state index contributed by atoms with van der Waals surface area (Å²) in [7, 11) is -0.546. The van der Waals surface area contributed by atoms with Crippen LogP contribution in [0.2, 0.25) is 0 Å². The van der Waals surface area contributed by atoms with Crippen LogP contribution in [-0.4, -0.2) is 39.1 Å². The average Bonchev–Trinajstić information content (AvgIpc) is 2.34. The van der Waals surface area contributed by atoms with E-state index in [4.69, 9.17) is 4.84 Å². The smallest absolute Gasteiger partial charge is 0.241 e. The second-order valence-corrected chi connectivity index (χ2v) is 6.91. The maximum Gasteiger partial charge on any atom is 0.241 e. The lowest BCUT2D eigenvalue weighted by Gasteiger charge is -2.14. The Morgan fingerprint density at radius 1 is 1.26 bits per heavy atom. The van der Waals surface area contributed by atoms with Crippen LogP contribution in [-0.2, 0) is 14.9 Å². The van der Waals surface area contributed by atoms with Gasteiger partial charge in [0.15, 0.2) is 0 Å². The van der Waals surface area contributed by atoms with E-state index in [1.165, 1.54) is 7.05 Å². The van der Waals surface area contributed by atoms with Crippen LogP contribution < -0.4 is 4.72 Å². The Bertz CT molecular complexity index is 572. The fourth-order valence-corrected chi connectivity index (χ4v) is 2.50. The van der Waals surface area contributed by atoms with Gasteiger partial charge in [-0.15, -0.1) is 0 Å². The molecule has 0 heterocycles. The minimum absolute atomic E-state index is 0.226. The van der Waals surface area contributed by atoms with Crippen LogP contribution in [0.1, 0.15) is 26.3 Å². The zero-order chi connectivity index (χ0) is 14.7. The second kappa shape index (κ2) is 5.71. The lowest BCUT2D eigenvalue weighted by Crippen LogP contribution is -2.33. The second-order valence-electron chi connectivity index (χ2n) is 5.05. The maximum absolute atomic E-state index is 12.0. The quantitative estimate of drug-likeness (QED) is 0.516. The highest BCUT2D eigenvalue weighted by Crippen LogP contribution is 2.15. The van der Waals surface area contributed by atoms with Gasteiger partial charge in [0, 0.05) is 20.8 Å². The molecule has 0 aliphatic rings. The molecule has 1 aromatic carbocycles. The maximum atomic E-state index is 12.0. The van der Waals surface area contributed by atoms with Gasteiger partial charge in [0.05, 0.1) is 10.5 Å². The van der Waals surface area contributed by atoms with Crippen molar-refractivity contribution in [2.75, 3.05) is 14.2 Å². The number of hydrogen-bond donors (Lipinski definition) is 1. The minimum Gasteiger partial charge on any atom is -0.280 e. The zero-order valence-corrected chi connectivity index (χ0v) is 12.8. The van der Waals surface area contributed by atoms with E-state index in [-0.39, 0.29) is 10.4 Å². The third-order valence-corrected chi connectivity index (χ3v) is 4.08. The van der Waals surface area contributed by atoms with Gasteiger partial charge < -0.3 is 0 Å². The van der Waals surface area contributed by atoms with Crippen LogP contribution in [0.4, 0.5) is 0 Å². The molecule has 6 heteroatoms. The van der Waals surface area contributed by atoms with Gasteiger partial charge in [-0.2, -0.15) is 0 Å². The van der Waals surface area contributed by atoms with Crippen LogP contribution in [0.25, 0.3) is 0 Å². The topological polar surface area (TPSA) is 58.4 Å². The summed E-state index contributed by atoms with van der Waals surface area (Å²) in [6.45, 7) is 5.92. The van der Waals surface area contributed by atoms with Crippen molar-refractivity contribution >= 4 is 16.2 Å². The molecule has 0 fully saturated rings. The molecule has 1 rings (SSSR count). The van der Waals surface area contributed by atoms with Crippen LogP contribution in [0.5, 0.6) is 0 Å². The molecule has 0 amide bonds. The zero-order valence-electron chi connectivity index (χ0n) is 12.0. The average molecular weight is 285 g/mol. The molecule has 5 nitrogen and oxygen atoms in total. The lowest BCUT2D eigenvalue weighted by molar-refractivity contribution is -0.821. The lowest BCUT2D eigenvalue weighted by atomic mass is 10.1. The molecule has 0 atom stereocenters. The molecule has 0 aliphatic heterocycles. The van der Waals surface area contributed by atoms with Gasteiger partial charge in [0.25, 0.3) is 0 Å². The molecule has 1 N–H and O–H groups in total. The van der Waals surface area contributed by atoms with E-state index in [9.17, 15) is 8.42 Å². The number of sulfonamides is 1. The summed E-state index contributed by atoms with van der Waals surface area (Å²) < 4.78 is 27.8. The first-order valence-electron chi connectivity index (χ1n) is 5.93. The van der Waals surface area contributed by atoms with Crippen molar-refractivity contribution in [1.82, 2.24) is 4.72 Å². The summed E-state index contributed by atoms with van der Waals surface area (Å²) >= 11 is 0. The highest BCUT2D eigenvalue weighted by atomic mass is 32.2. The van der Waals surface area contributed by atoms with Crippen LogP contribution in [0.15, 0.2) is 29.2 Å². The Balaban J connectivity index is 3.42. The van der Waals surface area contributed by atoms with Crippen molar-refractivity contribution in [2.24, 2.45) is 0 Å². The number of hydroxylamine groups is 1. The van der Waals surface area contributed by atoms with E-state index in [2.05, 4.69) is 4.72 Å². The van der Waals surface area contributed by atoms with Gasteiger partial charge in [0.1, 0.15) is 7.11 Å². The molecule has 19 heavy (non-hydrogen) atoms. The molecule has 0 saturated carbocycles. The van der Waals surface area contributed by atoms with Gasteiger partial charge in [-0.25, -0.2) is 13.1 Å². The third kappa shape index (κ3) is 3.78. The summed E-state index contributed by atoms with van der Waals surface area (Å²) in [6, 6.07) is 6.78. The van der Waals surface area contributed by atoms with Crippen LogP contribution >= 0.6 is 0 Å². The predicted octanol–water partition coefficient (Wildman–Crippen LogP) is 1.39. The number of nitrogens with one attached hydrogen (secondary N) is 1. The molecule has 0 spiro atoms. The molecule has 0 saturated heterocycles. The van der Waals surface area contributed by atoms with Crippen LogP contribution in [0.3, 0.4) is 0 Å². The van der Waals surface area contributed by atoms with Crippen molar-refractivity contribution in [3.63, 3.8) is 0 Å². The Labute approximate surface area is 114 Å². The first kappa shape index (κ1) is 15.7. The summed E-state index contributed by atoms with van der Waals surface area (Å²) in [4.78, 5) is 5.51. The van der Waals surface area contributed by atoms with E-state index in [0.29, 0.717) is 5.56 Å². The molecule has 0 aromatic heterocycles. The van der Waals surface area contributed by atoms with Crippen molar-refractivity contribution in [2.45, 2.75) is 31.2 Å². The fourth-order valence-electron chi connectivity index (χ4n) is 1.59. The summed E-state index contributed by atoms with van der Waals surface area (Å²) in [5, 5.41) is 0. The summed E-state index contributed by atoms with van der Waals surface area (Å²) in [5.41, 5.74) is 0.305. The van der Waals surface area contributed by atoms with E-state index in [0.717, 1.165) is 0 Å². The van der Waals surface area contributed by atoms with Gasteiger partial charge in [-0.1, -0.05) is 12.1 Å². The highest BCUT2D eigenvalue weighted by molar-refractivity contribution is 7.89. The van der Waals surface area contributed by atoms with Gasteiger partial charge >= 0.3 is 0 Å². The van der Waals surface area contributed by atoms with E-state index in [1.807, 2.05) is 20.8 Å². The molecule has 0 radical (unpaired) electrons. The summed E-state index contributed by atoms with van der Waals surface area (Å²) in [6.07, 6.45) is 1.68. The normalized spacial score (nSPS) is 13.4. The van der Waals surface area contributed by atoms with Gasteiger partial charge in [0.2, 0.25) is 21.8 Å². The SMILES string of the molecule is CNS(=O)(=O)c1ccccc1/C=[N+](\OC)C(C)(C)C. The molecular weight excluding hydrogens is 264 g/mol. The largest absolute Gasteiger partial charge is 0.280 e. The molecule has 0 aliphatic carbocycles. The highest BCUT2D eigenvalue weighted by Gasteiger charge is 2.27.